The summed E-state index contributed by atoms with van der Waals surface area (Å²) in [6, 6.07) is 12.4. The van der Waals surface area contributed by atoms with Crippen molar-refractivity contribution in [2.24, 2.45) is 0 Å². The Bertz CT molecular complexity index is 740. The summed E-state index contributed by atoms with van der Waals surface area (Å²) in [5.74, 6) is 0. The van der Waals surface area contributed by atoms with Gasteiger partial charge in [-0.2, -0.15) is 0 Å². The van der Waals surface area contributed by atoms with Crippen LogP contribution in [0.25, 0.3) is 0 Å². The first-order valence-corrected chi connectivity index (χ1v) is 8.44. The summed E-state index contributed by atoms with van der Waals surface area (Å²) in [5.41, 5.74) is 8.57. The van der Waals surface area contributed by atoms with Crippen molar-refractivity contribution in [2.75, 3.05) is 10.5 Å². The molecule has 0 saturated carbocycles. The summed E-state index contributed by atoms with van der Waals surface area (Å²) >= 11 is 0. The monoisotopic (exact) mass is 304 g/mol. The number of anilines is 2. The Morgan fingerprint density at radius 3 is 2.48 bits per heavy atom. The van der Waals surface area contributed by atoms with Gasteiger partial charge in [0.25, 0.3) is 10.0 Å². The van der Waals surface area contributed by atoms with Crippen LogP contribution >= 0.6 is 0 Å². The van der Waals surface area contributed by atoms with Crippen LogP contribution < -0.4 is 10.5 Å². The molecule has 0 unspecified atom stereocenters. The molecule has 0 fully saturated rings. The molecule has 2 aromatic rings. The first-order chi connectivity index (χ1) is 9.96. The van der Waals surface area contributed by atoms with E-state index in [0.29, 0.717) is 17.8 Å². The summed E-state index contributed by atoms with van der Waals surface area (Å²) < 4.78 is 27.8. The fourth-order valence-electron chi connectivity index (χ4n) is 2.18. The van der Waals surface area contributed by atoms with Crippen LogP contribution in [0.15, 0.2) is 47.4 Å². The minimum atomic E-state index is -3.63. The maximum absolute atomic E-state index is 12.6. The highest BCUT2D eigenvalue weighted by atomic mass is 32.2. The second kappa shape index (κ2) is 6.18. The van der Waals surface area contributed by atoms with Crippen molar-refractivity contribution in [3.8, 4) is 0 Å². The normalized spacial score (nSPS) is 11.3. The Morgan fingerprint density at radius 2 is 1.81 bits per heavy atom. The third-order valence-electron chi connectivity index (χ3n) is 3.35. The highest BCUT2D eigenvalue weighted by molar-refractivity contribution is 7.92. The number of hydrogen-bond donors (Lipinski definition) is 2. The van der Waals surface area contributed by atoms with Gasteiger partial charge in [0.2, 0.25) is 0 Å². The third-order valence-corrected chi connectivity index (χ3v) is 4.81. The Labute approximate surface area is 126 Å². The third kappa shape index (κ3) is 3.55. The largest absolute Gasteiger partial charge is 0.399 e. The second-order valence-corrected chi connectivity index (χ2v) is 6.53. The summed E-state index contributed by atoms with van der Waals surface area (Å²) in [7, 11) is -3.63. The zero-order valence-electron chi connectivity index (χ0n) is 12.3. The van der Waals surface area contributed by atoms with Crippen LogP contribution in [-0.4, -0.2) is 8.42 Å². The number of benzene rings is 2. The second-order valence-electron chi connectivity index (χ2n) is 4.88. The standard InChI is InChI=1S/C16H20N2O2S/c1-3-12-6-5-7-15(10-12)18-21(19,20)16-11-14(17)9-8-13(16)4-2/h5-11,18H,3-4,17H2,1-2H3. The first-order valence-electron chi connectivity index (χ1n) is 6.96. The lowest BCUT2D eigenvalue weighted by atomic mass is 10.1. The average Bonchev–Trinajstić information content (AvgIpc) is 2.47. The van der Waals surface area contributed by atoms with E-state index in [1.165, 1.54) is 6.07 Å². The van der Waals surface area contributed by atoms with Gasteiger partial charge in [-0.3, -0.25) is 4.72 Å². The minimum Gasteiger partial charge on any atom is -0.399 e. The number of rotatable bonds is 5. The summed E-state index contributed by atoms with van der Waals surface area (Å²) in [5, 5.41) is 0. The van der Waals surface area contributed by atoms with Crippen molar-refractivity contribution in [1.29, 1.82) is 0 Å². The lowest BCUT2D eigenvalue weighted by Gasteiger charge is -2.13. The Morgan fingerprint density at radius 1 is 1.05 bits per heavy atom. The average molecular weight is 304 g/mol. The molecule has 4 nitrogen and oxygen atoms in total. The molecule has 21 heavy (non-hydrogen) atoms. The first kappa shape index (κ1) is 15.4. The van der Waals surface area contributed by atoms with Crippen LogP contribution in [0.1, 0.15) is 25.0 Å². The molecule has 0 atom stereocenters. The van der Waals surface area contributed by atoms with Gasteiger partial charge < -0.3 is 5.73 Å². The molecule has 0 aliphatic heterocycles. The van der Waals surface area contributed by atoms with E-state index in [1.807, 2.05) is 32.0 Å². The smallest absolute Gasteiger partial charge is 0.262 e. The molecule has 0 aliphatic rings. The van der Waals surface area contributed by atoms with E-state index in [9.17, 15) is 8.42 Å². The van der Waals surface area contributed by atoms with Crippen LogP contribution in [0.5, 0.6) is 0 Å². The molecule has 0 heterocycles. The van der Waals surface area contributed by atoms with Gasteiger partial charge in [0.15, 0.2) is 0 Å². The highest BCUT2D eigenvalue weighted by Crippen LogP contribution is 2.23. The molecular formula is C16H20N2O2S. The molecule has 0 bridgehead atoms. The van der Waals surface area contributed by atoms with Gasteiger partial charge in [-0.05, 0) is 48.2 Å². The Hall–Kier alpha value is -2.01. The van der Waals surface area contributed by atoms with Crippen LogP contribution in [0, 0.1) is 0 Å². The molecule has 2 rings (SSSR count). The van der Waals surface area contributed by atoms with Crippen LogP contribution in [-0.2, 0) is 22.9 Å². The van der Waals surface area contributed by atoms with Crippen molar-refractivity contribution in [3.63, 3.8) is 0 Å². The van der Waals surface area contributed by atoms with E-state index in [2.05, 4.69) is 4.72 Å². The quantitative estimate of drug-likeness (QED) is 0.833. The highest BCUT2D eigenvalue weighted by Gasteiger charge is 2.18. The van der Waals surface area contributed by atoms with Gasteiger partial charge in [-0.1, -0.05) is 32.0 Å². The van der Waals surface area contributed by atoms with Crippen molar-refractivity contribution in [1.82, 2.24) is 0 Å². The number of nitrogens with two attached hydrogens (primary N) is 1. The van der Waals surface area contributed by atoms with Gasteiger partial charge in [-0.15, -0.1) is 0 Å². The lowest BCUT2D eigenvalue weighted by molar-refractivity contribution is 0.600. The van der Waals surface area contributed by atoms with E-state index in [4.69, 9.17) is 5.73 Å². The van der Waals surface area contributed by atoms with Gasteiger partial charge >= 0.3 is 0 Å². The van der Waals surface area contributed by atoms with Gasteiger partial charge in [0, 0.05) is 11.4 Å². The minimum absolute atomic E-state index is 0.243. The zero-order valence-corrected chi connectivity index (χ0v) is 13.1. The topological polar surface area (TPSA) is 72.2 Å². The van der Waals surface area contributed by atoms with Crippen molar-refractivity contribution in [2.45, 2.75) is 31.6 Å². The summed E-state index contributed by atoms with van der Waals surface area (Å²) in [4.78, 5) is 0.243. The van der Waals surface area contributed by atoms with Crippen LogP contribution in [0.2, 0.25) is 0 Å². The predicted octanol–water partition coefficient (Wildman–Crippen LogP) is 3.19. The molecule has 0 saturated heterocycles. The van der Waals surface area contributed by atoms with E-state index in [0.717, 1.165) is 17.5 Å². The van der Waals surface area contributed by atoms with E-state index < -0.39 is 10.0 Å². The molecule has 112 valence electrons. The number of aryl methyl sites for hydroxylation is 2. The molecule has 0 amide bonds. The SMILES string of the molecule is CCc1cccc(NS(=O)(=O)c2cc(N)ccc2CC)c1. The molecule has 5 heteroatoms. The predicted molar refractivity (Wildman–Crippen MR) is 86.9 cm³/mol. The maximum atomic E-state index is 12.6. The molecule has 0 radical (unpaired) electrons. The van der Waals surface area contributed by atoms with Crippen molar-refractivity contribution in [3.05, 3.63) is 53.6 Å². The molecular weight excluding hydrogens is 284 g/mol. The van der Waals surface area contributed by atoms with Gasteiger partial charge in [0.05, 0.1) is 4.90 Å². The van der Waals surface area contributed by atoms with Gasteiger partial charge in [0.1, 0.15) is 0 Å². The molecule has 0 aliphatic carbocycles. The number of nitrogen functional groups attached to an aromatic ring is 1. The van der Waals surface area contributed by atoms with Crippen LogP contribution in [0.3, 0.4) is 0 Å². The Kier molecular flexibility index (Phi) is 4.53. The van der Waals surface area contributed by atoms with E-state index in [-0.39, 0.29) is 4.90 Å². The molecule has 2 aromatic carbocycles. The van der Waals surface area contributed by atoms with Crippen LogP contribution in [0.4, 0.5) is 11.4 Å². The van der Waals surface area contributed by atoms with Crippen molar-refractivity contribution >= 4 is 21.4 Å². The van der Waals surface area contributed by atoms with Gasteiger partial charge in [-0.25, -0.2) is 8.42 Å². The number of hydrogen-bond acceptors (Lipinski definition) is 3. The fourth-order valence-corrected chi connectivity index (χ4v) is 3.57. The van der Waals surface area contributed by atoms with E-state index >= 15 is 0 Å². The fraction of sp³-hybridized carbons (Fsp3) is 0.250. The molecule has 0 aromatic heterocycles. The summed E-state index contributed by atoms with van der Waals surface area (Å²) in [6.45, 7) is 3.95. The molecule has 0 spiro atoms. The number of nitrogens with one attached hydrogen (secondary N) is 1. The maximum Gasteiger partial charge on any atom is 0.262 e. The summed E-state index contributed by atoms with van der Waals surface area (Å²) in [6.07, 6.45) is 1.49. The molecule has 3 N–H and O–H groups in total. The Balaban J connectivity index is 2.40. The number of sulfonamides is 1. The lowest BCUT2D eigenvalue weighted by Crippen LogP contribution is -2.15. The van der Waals surface area contributed by atoms with Crippen molar-refractivity contribution < 1.29 is 8.42 Å². The van der Waals surface area contributed by atoms with E-state index in [1.54, 1.807) is 18.2 Å². The zero-order chi connectivity index (χ0) is 15.5.